The van der Waals surface area contributed by atoms with E-state index in [1.165, 1.54) is 0 Å². The number of hydrogen-bond acceptors (Lipinski definition) is 5. The molecule has 1 saturated heterocycles. The van der Waals surface area contributed by atoms with Gasteiger partial charge in [0.1, 0.15) is 0 Å². The van der Waals surface area contributed by atoms with Crippen molar-refractivity contribution in [3.63, 3.8) is 0 Å². The van der Waals surface area contributed by atoms with E-state index in [-0.39, 0.29) is 12.8 Å². The fourth-order valence-electron chi connectivity index (χ4n) is 0.982. The topological polar surface area (TPSA) is 80.8 Å². The smallest absolute Gasteiger partial charge is 0.397 e. The van der Waals surface area contributed by atoms with Crippen LogP contribution in [0, 0.1) is 0 Å². The fraction of sp³-hybridized carbons (Fsp3) is 0.429. The zero-order chi connectivity index (χ0) is 10.0. The lowest BCUT2D eigenvalue weighted by atomic mass is 10.4. The summed E-state index contributed by atoms with van der Waals surface area (Å²) in [4.78, 5) is 43.9. The molecule has 0 N–H and O–H groups in total. The molecule has 1 aliphatic heterocycles. The van der Waals surface area contributed by atoms with Crippen molar-refractivity contribution in [3.8, 4) is 0 Å². The van der Waals surface area contributed by atoms with Crippen LogP contribution in [0.5, 0.6) is 0 Å². The average molecular weight is 185 g/mol. The van der Waals surface area contributed by atoms with Crippen LogP contribution in [0.25, 0.3) is 0 Å². The second-order valence-electron chi connectivity index (χ2n) is 2.42. The number of ether oxygens (including phenoxy) is 1. The van der Waals surface area contributed by atoms with Gasteiger partial charge in [-0.05, 0) is 0 Å². The molecule has 1 rings (SSSR count). The summed E-state index contributed by atoms with van der Waals surface area (Å²) in [7, 11) is 1.01. The molecule has 1 heterocycles. The highest BCUT2D eigenvalue weighted by atomic mass is 16.5. The van der Waals surface area contributed by atoms with E-state index < -0.39 is 23.7 Å². The van der Waals surface area contributed by atoms with Crippen LogP contribution in [0.4, 0.5) is 0 Å². The Hall–Kier alpha value is -1.72. The minimum absolute atomic E-state index is 0.0262. The molecule has 6 heteroatoms. The van der Waals surface area contributed by atoms with Crippen molar-refractivity contribution in [3.05, 3.63) is 0 Å². The number of carbonyl (C=O) groups excluding carboxylic acids is 4. The van der Waals surface area contributed by atoms with Crippen LogP contribution in [0.1, 0.15) is 12.8 Å². The largest absolute Gasteiger partial charge is 0.462 e. The molecule has 0 radical (unpaired) electrons. The van der Waals surface area contributed by atoms with E-state index in [2.05, 4.69) is 4.74 Å². The highest BCUT2D eigenvalue weighted by molar-refractivity contribution is 6.40. The van der Waals surface area contributed by atoms with Gasteiger partial charge in [0.25, 0.3) is 0 Å². The second kappa shape index (κ2) is 3.34. The van der Waals surface area contributed by atoms with E-state index in [9.17, 15) is 19.2 Å². The number of imide groups is 3. The minimum atomic E-state index is -1.21. The number of likely N-dealkylation sites (tertiary alicyclic amines) is 1. The third kappa shape index (κ3) is 1.56. The first-order chi connectivity index (χ1) is 6.07. The minimum Gasteiger partial charge on any atom is -0.462 e. The number of methoxy groups -OCH3 is 1. The molecule has 70 valence electrons. The molecule has 0 bridgehead atoms. The average Bonchev–Trinajstić information content (AvgIpc) is 2.44. The van der Waals surface area contributed by atoms with E-state index in [0.717, 1.165) is 7.11 Å². The maximum atomic E-state index is 11.0. The molecular weight excluding hydrogens is 178 g/mol. The van der Waals surface area contributed by atoms with Gasteiger partial charge < -0.3 is 4.74 Å². The van der Waals surface area contributed by atoms with Gasteiger partial charge in [-0.3, -0.25) is 14.4 Å². The summed E-state index contributed by atoms with van der Waals surface area (Å²) < 4.78 is 4.09. The van der Waals surface area contributed by atoms with Crippen molar-refractivity contribution >= 4 is 23.7 Å². The summed E-state index contributed by atoms with van der Waals surface area (Å²) in [6, 6.07) is 0. The van der Waals surface area contributed by atoms with Crippen LogP contribution < -0.4 is 0 Å². The number of nitrogens with zero attached hydrogens (tertiary/aromatic N) is 1. The SMILES string of the molecule is COC(=O)C(=O)N1C(=O)CCC1=O. The van der Waals surface area contributed by atoms with Gasteiger partial charge >= 0.3 is 11.9 Å². The van der Waals surface area contributed by atoms with Crippen LogP contribution in [0.2, 0.25) is 0 Å². The van der Waals surface area contributed by atoms with Gasteiger partial charge in [-0.2, -0.15) is 0 Å². The van der Waals surface area contributed by atoms with E-state index in [0.29, 0.717) is 4.90 Å². The van der Waals surface area contributed by atoms with Crippen molar-refractivity contribution in [1.29, 1.82) is 0 Å². The van der Waals surface area contributed by atoms with E-state index in [4.69, 9.17) is 0 Å². The van der Waals surface area contributed by atoms with Gasteiger partial charge in [0, 0.05) is 12.8 Å². The van der Waals surface area contributed by atoms with Gasteiger partial charge in [0.15, 0.2) is 0 Å². The van der Waals surface area contributed by atoms with Gasteiger partial charge in [-0.1, -0.05) is 0 Å². The standard InChI is InChI=1S/C7H7NO5/c1-13-7(12)6(11)8-4(9)2-3-5(8)10/h2-3H2,1H3. The lowest BCUT2D eigenvalue weighted by Gasteiger charge is -2.08. The Morgan fingerprint density at radius 1 is 1.23 bits per heavy atom. The lowest BCUT2D eigenvalue weighted by Crippen LogP contribution is -2.40. The van der Waals surface area contributed by atoms with Crippen LogP contribution in [-0.4, -0.2) is 35.7 Å². The summed E-state index contributed by atoms with van der Waals surface area (Å²) in [6.07, 6.45) is -0.0524. The predicted molar refractivity (Wildman–Crippen MR) is 38.1 cm³/mol. The van der Waals surface area contributed by atoms with E-state index >= 15 is 0 Å². The Morgan fingerprint density at radius 2 is 1.69 bits per heavy atom. The lowest BCUT2D eigenvalue weighted by molar-refractivity contribution is -0.163. The zero-order valence-electron chi connectivity index (χ0n) is 6.90. The maximum Gasteiger partial charge on any atom is 0.397 e. The Balaban J connectivity index is 2.82. The molecule has 13 heavy (non-hydrogen) atoms. The Labute approximate surface area is 73.4 Å². The third-order valence-corrected chi connectivity index (χ3v) is 1.61. The van der Waals surface area contributed by atoms with Crippen molar-refractivity contribution in [2.24, 2.45) is 0 Å². The number of hydrogen-bond donors (Lipinski definition) is 0. The first kappa shape index (κ1) is 9.37. The van der Waals surface area contributed by atoms with E-state index in [1.807, 2.05) is 0 Å². The van der Waals surface area contributed by atoms with Crippen LogP contribution >= 0.6 is 0 Å². The predicted octanol–water partition coefficient (Wildman–Crippen LogP) is -1.17. The molecule has 6 nitrogen and oxygen atoms in total. The Kier molecular flexibility index (Phi) is 2.41. The molecule has 0 aromatic rings. The van der Waals surface area contributed by atoms with Crippen molar-refractivity contribution in [2.75, 3.05) is 7.11 Å². The molecule has 1 aliphatic rings. The summed E-state index contributed by atoms with van der Waals surface area (Å²) in [6.45, 7) is 0. The number of rotatable bonds is 0. The molecule has 0 atom stereocenters. The molecule has 0 unspecified atom stereocenters. The summed E-state index contributed by atoms with van der Waals surface area (Å²) in [5, 5.41) is 0. The monoisotopic (exact) mass is 185 g/mol. The third-order valence-electron chi connectivity index (χ3n) is 1.61. The first-order valence-corrected chi connectivity index (χ1v) is 3.56. The molecule has 0 spiro atoms. The first-order valence-electron chi connectivity index (χ1n) is 3.56. The normalized spacial score (nSPS) is 16.2. The van der Waals surface area contributed by atoms with Gasteiger partial charge in [-0.15, -0.1) is 0 Å². The van der Waals surface area contributed by atoms with Crippen LogP contribution in [0.15, 0.2) is 0 Å². The summed E-state index contributed by atoms with van der Waals surface area (Å²) in [5.41, 5.74) is 0. The van der Waals surface area contributed by atoms with E-state index in [1.54, 1.807) is 0 Å². The molecule has 1 fully saturated rings. The van der Waals surface area contributed by atoms with Crippen molar-refractivity contribution in [1.82, 2.24) is 4.90 Å². The summed E-state index contributed by atoms with van der Waals surface area (Å²) >= 11 is 0. The van der Waals surface area contributed by atoms with Gasteiger partial charge in [0.05, 0.1) is 7.11 Å². The number of amides is 3. The maximum absolute atomic E-state index is 11.0. The Bertz CT molecular complexity index is 279. The van der Waals surface area contributed by atoms with Gasteiger partial charge in [-0.25, -0.2) is 9.69 Å². The number of esters is 1. The number of carbonyl (C=O) groups is 4. The van der Waals surface area contributed by atoms with Crippen LogP contribution in [0.3, 0.4) is 0 Å². The summed E-state index contributed by atoms with van der Waals surface area (Å²) in [5.74, 6) is -3.72. The molecule has 0 aromatic carbocycles. The Morgan fingerprint density at radius 3 is 2.08 bits per heavy atom. The quantitative estimate of drug-likeness (QED) is 0.270. The fourth-order valence-corrected chi connectivity index (χ4v) is 0.982. The molecule has 3 amide bonds. The van der Waals surface area contributed by atoms with Crippen LogP contribution in [-0.2, 0) is 23.9 Å². The molecule has 0 saturated carbocycles. The highest BCUT2D eigenvalue weighted by Crippen LogP contribution is 2.11. The van der Waals surface area contributed by atoms with Crippen molar-refractivity contribution in [2.45, 2.75) is 12.8 Å². The molecule has 0 aliphatic carbocycles. The van der Waals surface area contributed by atoms with Crippen molar-refractivity contribution < 1.29 is 23.9 Å². The van der Waals surface area contributed by atoms with Gasteiger partial charge in [0.2, 0.25) is 11.8 Å². The molecule has 0 aromatic heterocycles. The zero-order valence-corrected chi connectivity index (χ0v) is 6.90. The molecular formula is C7H7NO5. The second-order valence-corrected chi connectivity index (χ2v) is 2.42. The highest BCUT2D eigenvalue weighted by Gasteiger charge is 2.38.